The average Bonchev–Trinajstić information content (AvgIpc) is 3.45. The fourth-order valence-corrected chi connectivity index (χ4v) is 10.4. The summed E-state index contributed by atoms with van der Waals surface area (Å²) >= 11 is 0. The highest BCUT2D eigenvalue weighted by Crippen LogP contribution is 2.60. The summed E-state index contributed by atoms with van der Waals surface area (Å²) in [7, 11) is -6.36. The van der Waals surface area contributed by atoms with Gasteiger partial charge in [0.05, 0.1) is 13.1 Å². The van der Waals surface area contributed by atoms with Crippen LogP contribution in [-0.4, -0.2) is 0 Å². The quantitative estimate of drug-likeness (QED) is 0.151. The van der Waals surface area contributed by atoms with Crippen LogP contribution >= 0.6 is 15.3 Å². The number of hydrogen-bond donors (Lipinski definition) is 2. The smallest absolute Gasteiger partial charge is 0.414 e. The van der Waals surface area contributed by atoms with Crippen LogP contribution in [0.1, 0.15) is 11.1 Å². The molecule has 0 amide bonds. The number of benzene rings is 7. The Balaban J connectivity index is 1.08. The van der Waals surface area contributed by atoms with Crippen LogP contribution in [0.15, 0.2) is 191 Å². The molecular weight excluding hydrogens is 710 g/mol. The highest BCUT2D eigenvalue weighted by Gasteiger charge is 2.34. The Morgan fingerprint density at radius 2 is 0.611 bits per heavy atom. The molecular formula is C44H36N4O4P2. The minimum atomic E-state index is -3.18. The summed E-state index contributed by atoms with van der Waals surface area (Å²) in [5.41, 5.74) is 7.45. The second-order valence-electron chi connectivity index (χ2n) is 12.8. The van der Waals surface area contributed by atoms with Crippen LogP contribution in [0.5, 0.6) is 23.0 Å². The zero-order chi connectivity index (χ0) is 36.2. The number of hydrogen-bond acceptors (Lipinski definition) is 6. The van der Waals surface area contributed by atoms with Crippen LogP contribution < -0.4 is 28.3 Å². The fourth-order valence-electron chi connectivity index (χ4n) is 6.38. The highest BCUT2D eigenvalue weighted by molar-refractivity contribution is 7.59. The summed E-state index contributed by atoms with van der Waals surface area (Å²) in [4.78, 5) is 0. The lowest BCUT2D eigenvalue weighted by Crippen LogP contribution is -2.11. The van der Waals surface area contributed by atoms with Crippen LogP contribution in [-0.2, 0) is 13.1 Å². The van der Waals surface area contributed by atoms with Crippen molar-refractivity contribution in [3.63, 3.8) is 0 Å². The minimum Gasteiger partial charge on any atom is -0.414 e. The van der Waals surface area contributed by atoms with E-state index in [2.05, 4.69) is 34.4 Å². The Bertz CT molecular complexity index is 2270. The average molecular weight is 747 g/mol. The third kappa shape index (κ3) is 7.10. The van der Waals surface area contributed by atoms with Crippen molar-refractivity contribution in [1.29, 1.82) is 0 Å². The van der Waals surface area contributed by atoms with Gasteiger partial charge in [0.1, 0.15) is 23.0 Å². The summed E-state index contributed by atoms with van der Waals surface area (Å²) in [5.74, 6) is 2.81. The normalized spacial score (nSPS) is 14.2. The van der Waals surface area contributed by atoms with Gasteiger partial charge in [-0.25, -0.2) is 9.49 Å². The lowest BCUT2D eigenvalue weighted by Gasteiger charge is -2.26. The number of nitrogens with one attached hydrogen (secondary N) is 2. The molecule has 0 saturated carbocycles. The summed E-state index contributed by atoms with van der Waals surface area (Å²) < 4.78 is 37.6. The molecule has 0 saturated heterocycles. The van der Waals surface area contributed by atoms with E-state index in [1.54, 1.807) is 0 Å². The molecule has 10 heteroatoms. The molecule has 0 aromatic heterocycles. The predicted octanol–water partition coefficient (Wildman–Crippen LogP) is 13.1. The van der Waals surface area contributed by atoms with Crippen LogP contribution in [0.3, 0.4) is 0 Å². The van der Waals surface area contributed by atoms with Crippen molar-refractivity contribution in [3.8, 4) is 45.3 Å². The molecule has 0 fully saturated rings. The third-order valence-electron chi connectivity index (χ3n) is 9.01. The van der Waals surface area contributed by atoms with Gasteiger partial charge in [0.25, 0.3) is 0 Å². The number of anilines is 2. The first-order chi connectivity index (χ1) is 26.6. The van der Waals surface area contributed by atoms with Crippen molar-refractivity contribution in [2.24, 2.45) is 9.49 Å². The van der Waals surface area contributed by atoms with Gasteiger partial charge in [-0.15, -0.1) is 0 Å². The van der Waals surface area contributed by atoms with E-state index in [1.165, 1.54) is 0 Å². The van der Waals surface area contributed by atoms with Gasteiger partial charge in [-0.2, -0.15) is 0 Å². The van der Waals surface area contributed by atoms with Crippen molar-refractivity contribution in [2.45, 2.75) is 13.1 Å². The molecule has 2 heterocycles. The van der Waals surface area contributed by atoms with Gasteiger partial charge < -0.3 is 18.1 Å². The fraction of sp³-hybridized carbons (Fsp3) is 0.0455. The molecule has 54 heavy (non-hydrogen) atoms. The largest absolute Gasteiger partial charge is 0.422 e. The van der Waals surface area contributed by atoms with Crippen LogP contribution in [0.25, 0.3) is 22.3 Å². The van der Waals surface area contributed by atoms with E-state index in [1.807, 2.05) is 158 Å². The Morgan fingerprint density at radius 1 is 0.333 bits per heavy atom. The molecule has 0 spiro atoms. The van der Waals surface area contributed by atoms with Gasteiger partial charge in [0.15, 0.2) is 0 Å². The van der Waals surface area contributed by atoms with Gasteiger partial charge in [0.2, 0.25) is 0 Å². The summed E-state index contributed by atoms with van der Waals surface area (Å²) in [6.07, 6.45) is 0. The number of para-hydroxylation sites is 4. The van der Waals surface area contributed by atoms with Gasteiger partial charge in [-0.1, -0.05) is 133 Å². The van der Waals surface area contributed by atoms with Crippen molar-refractivity contribution < 1.29 is 18.1 Å². The molecule has 7 aromatic carbocycles. The molecule has 0 unspecified atom stereocenters. The number of fused-ring (bicyclic) bond motifs is 6. The first kappa shape index (κ1) is 33.6. The minimum absolute atomic E-state index is 0.402. The van der Waals surface area contributed by atoms with Gasteiger partial charge in [-0.3, -0.25) is 10.2 Å². The van der Waals surface area contributed by atoms with Crippen LogP contribution in [0.2, 0.25) is 0 Å². The molecule has 0 bridgehead atoms. The maximum atomic E-state index is 6.82. The first-order valence-corrected chi connectivity index (χ1v) is 20.8. The van der Waals surface area contributed by atoms with E-state index < -0.39 is 15.3 Å². The van der Waals surface area contributed by atoms with Crippen molar-refractivity contribution in [2.75, 3.05) is 10.2 Å². The Kier molecular flexibility index (Phi) is 9.14. The molecule has 8 nitrogen and oxygen atoms in total. The molecule has 0 aliphatic carbocycles. The maximum Gasteiger partial charge on any atom is 0.422 e. The van der Waals surface area contributed by atoms with Gasteiger partial charge in [0, 0.05) is 33.6 Å². The van der Waals surface area contributed by atoms with Crippen molar-refractivity contribution >= 4 is 26.7 Å². The topological polar surface area (TPSA) is 85.7 Å². The lowest BCUT2D eigenvalue weighted by molar-refractivity contribution is 0.486. The summed E-state index contributed by atoms with van der Waals surface area (Å²) in [5, 5.41) is 7.21. The zero-order valence-electron chi connectivity index (χ0n) is 29.2. The van der Waals surface area contributed by atoms with Gasteiger partial charge >= 0.3 is 15.3 Å². The van der Waals surface area contributed by atoms with E-state index in [-0.39, 0.29) is 0 Å². The predicted molar refractivity (Wildman–Crippen MR) is 219 cm³/mol. The van der Waals surface area contributed by atoms with Crippen molar-refractivity contribution in [3.05, 3.63) is 193 Å². The van der Waals surface area contributed by atoms with E-state index in [9.17, 15) is 0 Å². The molecule has 0 atom stereocenters. The molecule has 2 aliphatic rings. The maximum absolute atomic E-state index is 6.82. The Morgan fingerprint density at radius 3 is 0.926 bits per heavy atom. The first-order valence-electron chi connectivity index (χ1n) is 17.7. The molecule has 0 radical (unpaired) electrons. The second kappa shape index (κ2) is 14.7. The zero-order valence-corrected chi connectivity index (χ0v) is 30.9. The molecule has 7 aromatic rings. The van der Waals surface area contributed by atoms with E-state index >= 15 is 0 Å². The molecule has 9 rings (SSSR count). The Hall–Kier alpha value is -6.20. The molecule has 266 valence electrons. The van der Waals surface area contributed by atoms with E-state index in [4.69, 9.17) is 27.6 Å². The third-order valence-corrected chi connectivity index (χ3v) is 12.9. The van der Waals surface area contributed by atoms with Crippen LogP contribution in [0, 0.1) is 0 Å². The standard InChI is InChI=1S/C44H36N4O4P2/c1-3-15-33(16-4-1)31-45-53(49-41-23-11-7-19-37(41)38-20-8-12-24-42(38)50-53)47-35-27-29-36(30-28-35)48-54(46-32-34-17-5-2-6-18-34)51-43-25-13-9-21-39(43)40-22-10-14-26-44(40)52-54/h1-30,47-48H,31-32H2. The van der Waals surface area contributed by atoms with E-state index in [0.717, 1.165) is 44.8 Å². The van der Waals surface area contributed by atoms with E-state index in [0.29, 0.717) is 36.1 Å². The monoisotopic (exact) mass is 746 g/mol. The summed E-state index contributed by atoms with van der Waals surface area (Å²) in [6, 6.07) is 60.1. The number of rotatable bonds is 8. The lowest BCUT2D eigenvalue weighted by atomic mass is 10.0. The SMILES string of the molecule is c1ccc(CN=P2(Nc3ccc(NP4(=NCc5ccccc5)Oc5ccccc5-c5ccccc5O4)cc3)Oc3ccccc3-c3ccccc3O2)cc1. The van der Waals surface area contributed by atoms with Crippen molar-refractivity contribution in [1.82, 2.24) is 0 Å². The number of nitrogens with zero attached hydrogens (tertiary/aromatic N) is 2. The second-order valence-corrected chi connectivity index (χ2v) is 16.6. The summed E-state index contributed by atoms with van der Waals surface area (Å²) in [6.45, 7) is 0.804. The molecule has 2 N–H and O–H groups in total. The molecule has 2 aliphatic heterocycles. The Labute approximate surface area is 314 Å². The highest BCUT2D eigenvalue weighted by atomic mass is 31.2. The van der Waals surface area contributed by atoms with Crippen LogP contribution in [0.4, 0.5) is 11.4 Å². The van der Waals surface area contributed by atoms with Gasteiger partial charge in [-0.05, 0) is 59.7 Å².